The normalized spacial score (nSPS) is 20.2. The Morgan fingerprint density at radius 2 is 2.09 bits per heavy atom. The van der Waals surface area contributed by atoms with Gasteiger partial charge in [-0.2, -0.15) is 0 Å². The van der Waals surface area contributed by atoms with E-state index in [1.807, 2.05) is 12.3 Å². The third kappa shape index (κ3) is 4.44. The predicted octanol–water partition coefficient (Wildman–Crippen LogP) is 2.64. The lowest BCUT2D eigenvalue weighted by atomic mass is 10.1. The van der Waals surface area contributed by atoms with Crippen molar-refractivity contribution in [2.75, 3.05) is 26.7 Å². The van der Waals surface area contributed by atoms with Gasteiger partial charge in [0.05, 0.1) is 6.10 Å². The first-order chi connectivity index (χ1) is 11.2. The Morgan fingerprint density at radius 1 is 1.26 bits per heavy atom. The van der Waals surface area contributed by atoms with Crippen LogP contribution in [-0.2, 0) is 6.54 Å². The minimum atomic E-state index is -0.320. The van der Waals surface area contributed by atoms with E-state index in [0.29, 0.717) is 12.6 Å². The Hall–Kier alpha value is -1.62. The quantitative estimate of drug-likeness (QED) is 0.826. The molecule has 0 saturated carbocycles. The number of aliphatic hydroxyl groups is 1. The zero-order chi connectivity index (χ0) is 16.1. The van der Waals surface area contributed by atoms with E-state index in [1.165, 1.54) is 24.1 Å². The highest BCUT2D eigenvalue weighted by Crippen LogP contribution is 2.30. The second kappa shape index (κ2) is 7.77. The minimum absolute atomic E-state index is 0.320. The van der Waals surface area contributed by atoms with Gasteiger partial charge in [-0.05, 0) is 44.1 Å². The summed E-state index contributed by atoms with van der Waals surface area (Å²) in [6.07, 6.45) is 4.04. The fourth-order valence-corrected chi connectivity index (χ4v) is 3.60. The van der Waals surface area contributed by atoms with Gasteiger partial charge in [-0.25, -0.2) is 0 Å². The van der Waals surface area contributed by atoms with Gasteiger partial charge in [0.15, 0.2) is 0 Å². The van der Waals surface area contributed by atoms with Crippen molar-refractivity contribution >= 4 is 0 Å². The molecule has 1 aliphatic heterocycles. The summed E-state index contributed by atoms with van der Waals surface area (Å²) in [6, 6.07) is 15.0. The Bertz CT molecular complexity index is 570. The SMILES string of the molecule is CN(Cc1ccccc1)C[C@@H](O)CN1CCC[C@@H]1c1ccc[nH]1. The molecule has 23 heavy (non-hydrogen) atoms. The van der Waals surface area contributed by atoms with Crippen LogP contribution in [0.3, 0.4) is 0 Å². The van der Waals surface area contributed by atoms with Crippen molar-refractivity contribution in [1.29, 1.82) is 0 Å². The highest BCUT2D eigenvalue weighted by molar-refractivity contribution is 5.14. The molecule has 1 fully saturated rings. The van der Waals surface area contributed by atoms with Crippen LogP contribution in [0.5, 0.6) is 0 Å². The van der Waals surface area contributed by atoms with E-state index in [9.17, 15) is 5.11 Å². The number of nitrogens with zero attached hydrogens (tertiary/aromatic N) is 2. The van der Waals surface area contributed by atoms with Crippen molar-refractivity contribution in [3.05, 3.63) is 59.9 Å². The third-order valence-corrected chi connectivity index (χ3v) is 4.61. The number of aliphatic hydroxyl groups excluding tert-OH is 1. The molecule has 4 heteroatoms. The number of aromatic nitrogens is 1. The average Bonchev–Trinajstić information content (AvgIpc) is 3.18. The van der Waals surface area contributed by atoms with Gasteiger partial charge in [-0.3, -0.25) is 9.80 Å². The van der Waals surface area contributed by atoms with Gasteiger partial charge in [0.2, 0.25) is 0 Å². The third-order valence-electron chi connectivity index (χ3n) is 4.61. The molecule has 0 aliphatic carbocycles. The second-order valence-corrected chi connectivity index (χ2v) is 6.61. The van der Waals surface area contributed by atoms with Gasteiger partial charge in [-0.1, -0.05) is 30.3 Å². The molecule has 3 rings (SSSR count). The Kier molecular flexibility index (Phi) is 5.49. The van der Waals surface area contributed by atoms with Crippen molar-refractivity contribution in [1.82, 2.24) is 14.8 Å². The van der Waals surface area contributed by atoms with E-state index in [4.69, 9.17) is 0 Å². The first-order valence-electron chi connectivity index (χ1n) is 8.50. The molecule has 124 valence electrons. The summed E-state index contributed by atoms with van der Waals surface area (Å²) in [6.45, 7) is 3.38. The van der Waals surface area contributed by atoms with Crippen LogP contribution < -0.4 is 0 Å². The molecule has 2 atom stereocenters. The molecule has 0 bridgehead atoms. The monoisotopic (exact) mass is 313 g/mol. The van der Waals surface area contributed by atoms with Crippen LogP contribution in [0.25, 0.3) is 0 Å². The number of nitrogens with one attached hydrogen (secondary N) is 1. The van der Waals surface area contributed by atoms with Gasteiger partial charge < -0.3 is 10.1 Å². The Balaban J connectivity index is 1.49. The van der Waals surface area contributed by atoms with Gasteiger partial charge >= 0.3 is 0 Å². The number of hydrogen-bond acceptors (Lipinski definition) is 3. The number of rotatable bonds is 7. The molecule has 2 aromatic rings. The molecule has 2 N–H and O–H groups in total. The minimum Gasteiger partial charge on any atom is -0.390 e. The van der Waals surface area contributed by atoms with E-state index in [-0.39, 0.29) is 6.10 Å². The summed E-state index contributed by atoms with van der Waals surface area (Å²) in [5, 5.41) is 10.5. The number of H-pyrrole nitrogens is 1. The number of likely N-dealkylation sites (N-methyl/N-ethyl adjacent to an activating group) is 1. The smallest absolute Gasteiger partial charge is 0.0794 e. The summed E-state index contributed by atoms with van der Waals surface area (Å²) in [4.78, 5) is 7.93. The molecule has 1 aromatic carbocycles. The summed E-state index contributed by atoms with van der Waals surface area (Å²) in [5.41, 5.74) is 2.56. The van der Waals surface area contributed by atoms with Crippen LogP contribution in [0.2, 0.25) is 0 Å². The fourth-order valence-electron chi connectivity index (χ4n) is 3.60. The number of hydrogen-bond donors (Lipinski definition) is 2. The van der Waals surface area contributed by atoms with Crippen molar-refractivity contribution in [2.45, 2.75) is 31.5 Å². The molecular formula is C19H27N3O. The van der Waals surface area contributed by atoms with Crippen LogP contribution in [0, 0.1) is 0 Å². The number of likely N-dealkylation sites (tertiary alicyclic amines) is 1. The van der Waals surface area contributed by atoms with Gasteiger partial charge in [0, 0.05) is 37.6 Å². The van der Waals surface area contributed by atoms with E-state index in [1.54, 1.807) is 0 Å². The largest absolute Gasteiger partial charge is 0.390 e. The lowest BCUT2D eigenvalue weighted by molar-refractivity contribution is 0.0745. The summed E-state index contributed by atoms with van der Waals surface area (Å²) < 4.78 is 0. The predicted molar refractivity (Wildman–Crippen MR) is 93.1 cm³/mol. The van der Waals surface area contributed by atoms with Gasteiger partial charge in [-0.15, -0.1) is 0 Å². The first-order valence-corrected chi connectivity index (χ1v) is 8.50. The second-order valence-electron chi connectivity index (χ2n) is 6.61. The summed E-state index contributed by atoms with van der Waals surface area (Å²) in [5.74, 6) is 0. The van der Waals surface area contributed by atoms with Crippen molar-refractivity contribution in [3.63, 3.8) is 0 Å². The Labute approximate surface area is 138 Å². The lowest BCUT2D eigenvalue weighted by Crippen LogP contribution is -2.38. The molecule has 0 radical (unpaired) electrons. The van der Waals surface area contributed by atoms with Crippen LogP contribution in [0.15, 0.2) is 48.7 Å². The molecule has 4 nitrogen and oxygen atoms in total. The maximum absolute atomic E-state index is 10.5. The van der Waals surface area contributed by atoms with Crippen LogP contribution >= 0.6 is 0 Å². The molecule has 0 spiro atoms. The van der Waals surface area contributed by atoms with Crippen molar-refractivity contribution < 1.29 is 5.11 Å². The highest BCUT2D eigenvalue weighted by atomic mass is 16.3. The van der Waals surface area contributed by atoms with Crippen molar-refractivity contribution in [3.8, 4) is 0 Å². The number of aromatic amines is 1. The number of β-amino-alcohol motifs (C(OH)–C–C–N with tert-alkyl or cyclic N) is 1. The first kappa shape index (κ1) is 16.2. The maximum Gasteiger partial charge on any atom is 0.0794 e. The lowest BCUT2D eigenvalue weighted by Gasteiger charge is -2.28. The zero-order valence-corrected chi connectivity index (χ0v) is 13.9. The molecule has 1 aromatic heterocycles. The highest BCUT2D eigenvalue weighted by Gasteiger charge is 2.28. The zero-order valence-electron chi connectivity index (χ0n) is 13.9. The molecule has 0 amide bonds. The van der Waals surface area contributed by atoms with Gasteiger partial charge in [0.1, 0.15) is 0 Å². The topological polar surface area (TPSA) is 42.5 Å². The van der Waals surface area contributed by atoms with Crippen LogP contribution in [-0.4, -0.2) is 52.7 Å². The van der Waals surface area contributed by atoms with Crippen LogP contribution in [0.4, 0.5) is 0 Å². The molecule has 2 heterocycles. The van der Waals surface area contributed by atoms with Crippen LogP contribution in [0.1, 0.15) is 30.1 Å². The fraction of sp³-hybridized carbons (Fsp3) is 0.474. The standard InChI is InChI=1S/C19H27N3O/c1-21(13-16-7-3-2-4-8-16)14-17(23)15-22-12-6-10-19(22)18-9-5-11-20-18/h2-5,7-9,11,17,19-20,23H,6,10,12-15H2,1H3/t17-,19-/m1/s1. The number of benzene rings is 1. The maximum atomic E-state index is 10.5. The Morgan fingerprint density at radius 3 is 2.83 bits per heavy atom. The molecule has 1 aliphatic rings. The average molecular weight is 313 g/mol. The molecule has 1 saturated heterocycles. The van der Waals surface area contributed by atoms with Gasteiger partial charge in [0.25, 0.3) is 0 Å². The molecular weight excluding hydrogens is 286 g/mol. The van der Waals surface area contributed by atoms with E-state index in [0.717, 1.165) is 19.6 Å². The van der Waals surface area contributed by atoms with Crippen molar-refractivity contribution in [2.24, 2.45) is 0 Å². The molecule has 0 unspecified atom stereocenters. The van der Waals surface area contributed by atoms with E-state index >= 15 is 0 Å². The van der Waals surface area contributed by atoms with E-state index < -0.39 is 0 Å². The summed E-state index contributed by atoms with van der Waals surface area (Å²) in [7, 11) is 2.07. The van der Waals surface area contributed by atoms with E-state index in [2.05, 4.69) is 58.2 Å². The summed E-state index contributed by atoms with van der Waals surface area (Å²) >= 11 is 0.